The number of hydrogen-bond donors (Lipinski definition) is 0. The predicted molar refractivity (Wildman–Crippen MR) is 63.7 cm³/mol. The Labute approximate surface area is 92.0 Å². The van der Waals surface area contributed by atoms with Crippen molar-refractivity contribution in [3.63, 3.8) is 0 Å². The van der Waals surface area contributed by atoms with Crippen LogP contribution in [0.2, 0.25) is 0 Å². The van der Waals surface area contributed by atoms with Crippen molar-refractivity contribution in [2.24, 2.45) is 11.8 Å². The number of ketones is 1. The predicted octanol–water partition coefficient (Wildman–Crippen LogP) is 3.52. The van der Waals surface area contributed by atoms with E-state index in [2.05, 4.69) is 20.8 Å². The molecule has 0 amide bonds. The molecule has 1 fully saturated rings. The maximum atomic E-state index is 12.2. The fraction of sp³-hybridized carbons (Fsp3) is 0.917. The van der Waals surface area contributed by atoms with E-state index in [9.17, 15) is 4.79 Å². The van der Waals surface area contributed by atoms with Crippen LogP contribution in [0.25, 0.3) is 0 Å². The van der Waals surface area contributed by atoms with E-state index in [0.29, 0.717) is 11.7 Å². The highest BCUT2D eigenvalue weighted by Gasteiger charge is 2.34. The average Bonchev–Trinajstić information content (AvgIpc) is 2.16. The summed E-state index contributed by atoms with van der Waals surface area (Å²) in [6.07, 6.45) is 6.81. The van der Waals surface area contributed by atoms with Gasteiger partial charge in [-0.1, -0.05) is 19.8 Å². The topological polar surface area (TPSA) is 17.1 Å². The molecule has 0 radical (unpaired) electrons. The molecular formula is C12H22OS. The first kappa shape index (κ1) is 12.1. The maximum Gasteiger partial charge on any atom is 0.151 e. The van der Waals surface area contributed by atoms with Gasteiger partial charge < -0.3 is 0 Å². The molecule has 0 aliphatic heterocycles. The normalized spacial score (nSPS) is 28.9. The number of Topliss-reactive ketones (excluding diaryl/α,β-unsaturated/α-hetero) is 1. The van der Waals surface area contributed by atoms with Crippen molar-refractivity contribution in [2.75, 3.05) is 6.26 Å². The lowest BCUT2D eigenvalue weighted by atomic mass is 9.77. The lowest BCUT2D eigenvalue weighted by molar-refractivity contribution is -0.125. The van der Waals surface area contributed by atoms with Crippen LogP contribution >= 0.6 is 11.8 Å². The van der Waals surface area contributed by atoms with E-state index in [1.807, 2.05) is 6.26 Å². The maximum absolute atomic E-state index is 12.2. The summed E-state index contributed by atoms with van der Waals surface area (Å²) in [5.74, 6) is 1.55. The fourth-order valence-corrected chi connectivity index (χ4v) is 2.63. The number of hydrogen-bond acceptors (Lipinski definition) is 2. The summed E-state index contributed by atoms with van der Waals surface area (Å²) >= 11 is 1.68. The highest BCUT2D eigenvalue weighted by atomic mass is 32.2. The lowest BCUT2D eigenvalue weighted by Crippen LogP contribution is -2.36. The lowest BCUT2D eigenvalue weighted by Gasteiger charge is -2.31. The standard InChI is InChI=1S/C12H22OS/c1-9-6-5-7-10(8-9)11(13)12(2,3)14-4/h9-10H,5-8H2,1-4H3. The van der Waals surface area contributed by atoms with Crippen LogP contribution in [-0.4, -0.2) is 16.8 Å². The van der Waals surface area contributed by atoms with Gasteiger partial charge in [0.15, 0.2) is 5.78 Å². The molecule has 1 nitrogen and oxygen atoms in total. The molecule has 1 saturated carbocycles. The summed E-state index contributed by atoms with van der Waals surface area (Å²) in [6, 6.07) is 0. The van der Waals surface area contributed by atoms with Crippen molar-refractivity contribution in [3.8, 4) is 0 Å². The van der Waals surface area contributed by atoms with Crippen molar-refractivity contribution >= 4 is 17.5 Å². The highest BCUT2D eigenvalue weighted by molar-refractivity contribution is 8.00. The Morgan fingerprint density at radius 1 is 1.36 bits per heavy atom. The van der Waals surface area contributed by atoms with E-state index < -0.39 is 0 Å². The zero-order valence-electron chi connectivity index (χ0n) is 9.80. The third-order valence-corrected chi connectivity index (χ3v) is 4.63. The minimum Gasteiger partial charge on any atom is -0.298 e. The van der Waals surface area contributed by atoms with Crippen LogP contribution < -0.4 is 0 Å². The summed E-state index contributed by atoms with van der Waals surface area (Å²) in [6.45, 7) is 6.38. The molecule has 0 aromatic carbocycles. The molecule has 2 unspecified atom stereocenters. The minimum atomic E-state index is -0.179. The monoisotopic (exact) mass is 214 g/mol. The Morgan fingerprint density at radius 2 is 2.00 bits per heavy atom. The first-order chi connectivity index (χ1) is 6.47. The molecule has 2 atom stereocenters. The summed E-state index contributed by atoms with van der Waals surface area (Å²) in [5, 5.41) is 0. The van der Waals surface area contributed by atoms with Crippen LogP contribution in [0, 0.1) is 11.8 Å². The van der Waals surface area contributed by atoms with Gasteiger partial charge in [0.25, 0.3) is 0 Å². The Kier molecular flexibility index (Phi) is 4.05. The summed E-state index contributed by atoms with van der Waals surface area (Å²) in [5.41, 5.74) is 0. The molecular weight excluding hydrogens is 192 g/mol. The third-order valence-electron chi connectivity index (χ3n) is 3.41. The molecule has 0 heterocycles. The smallest absolute Gasteiger partial charge is 0.151 e. The van der Waals surface area contributed by atoms with Gasteiger partial charge in [-0.05, 0) is 38.9 Å². The minimum absolute atomic E-state index is 0.179. The number of carbonyl (C=O) groups is 1. The van der Waals surface area contributed by atoms with Crippen LogP contribution in [0.5, 0.6) is 0 Å². The summed E-state index contributed by atoms with van der Waals surface area (Å²) < 4.78 is -0.179. The van der Waals surface area contributed by atoms with Gasteiger partial charge >= 0.3 is 0 Å². The van der Waals surface area contributed by atoms with E-state index in [0.717, 1.165) is 18.8 Å². The zero-order valence-corrected chi connectivity index (χ0v) is 10.6. The first-order valence-electron chi connectivity index (χ1n) is 5.57. The summed E-state index contributed by atoms with van der Waals surface area (Å²) in [4.78, 5) is 12.2. The second-order valence-electron chi connectivity index (χ2n) is 5.05. The van der Waals surface area contributed by atoms with Crippen molar-refractivity contribution in [1.29, 1.82) is 0 Å². The first-order valence-corrected chi connectivity index (χ1v) is 6.79. The molecule has 14 heavy (non-hydrogen) atoms. The van der Waals surface area contributed by atoms with Crippen molar-refractivity contribution in [1.82, 2.24) is 0 Å². The number of rotatable bonds is 3. The molecule has 2 heteroatoms. The Bertz CT molecular complexity index is 210. The van der Waals surface area contributed by atoms with Gasteiger partial charge in [0, 0.05) is 5.92 Å². The molecule has 0 saturated heterocycles. The van der Waals surface area contributed by atoms with Crippen LogP contribution in [0.3, 0.4) is 0 Å². The van der Waals surface area contributed by atoms with E-state index in [1.165, 1.54) is 12.8 Å². The average molecular weight is 214 g/mol. The van der Waals surface area contributed by atoms with E-state index in [1.54, 1.807) is 11.8 Å². The van der Waals surface area contributed by atoms with Gasteiger partial charge in [-0.25, -0.2) is 0 Å². The molecule has 1 aliphatic rings. The SMILES string of the molecule is CSC(C)(C)C(=O)C1CCCC(C)C1. The van der Waals surface area contributed by atoms with Gasteiger partial charge in [-0.3, -0.25) is 4.79 Å². The molecule has 1 rings (SSSR count). The second kappa shape index (κ2) is 4.69. The van der Waals surface area contributed by atoms with E-state index >= 15 is 0 Å². The quantitative estimate of drug-likeness (QED) is 0.715. The van der Waals surface area contributed by atoms with Gasteiger partial charge in [-0.2, -0.15) is 11.8 Å². The van der Waals surface area contributed by atoms with Gasteiger partial charge in [0.1, 0.15) is 0 Å². The van der Waals surface area contributed by atoms with Crippen molar-refractivity contribution in [2.45, 2.75) is 51.2 Å². The van der Waals surface area contributed by atoms with Crippen molar-refractivity contribution in [3.05, 3.63) is 0 Å². The van der Waals surface area contributed by atoms with E-state index in [-0.39, 0.29) is 4.75 Å². The third kappa shape index (κ3) is 2.75. The van der Waals surface area contributed by atoms with Gasteiger partial charge in [-0.15, -0.1) is 0 Å². The Balaban J connectivity index is 2.60. The fourth-order valence-electron chi connectivity index (χ4n) is 2.26. The molecule has 0 bridgehead atoms. The molecule has 0 aromatic rings. The van der Waals surface area contributed by atoms with Crippen LogP contribution in [0.1, 0.15) is 46.5 Å². The number of thioether (sulfide) groups is 1. The van der Waals surface area contributed by atoms with Gasteiger partial charge in [0.05, 0.1) is 4.75 Å². The second-order valence-corrected chi connectivity index (χ2v) is 6.48. The van der Waals surface area contributed by atoms with E-state index in [4.69, 9.17) is 0 Å². The summed E-state index contributed by atoms with van der Waals surface area (Å²) in [7, 11) is 0. The number of carbonyl (C=O) groups excluding carboxylic acids is 1. The van der Waals surface area contributed by atoms with Crippen LogP contribution in [0.15, 0.2) is 0 Å². The zero-order chi connectivity index (χ0) is 10.8. The molecule has 82 valence electrons. The molecule has 0 N–H and O–H groups in total. The highest BCUT2D eigenvalue weighted by Crippen LogP contribution is 2.35. The van der Waals surface area contributed by atoms with Crippen LogP contribution in [0.4, 0.5) is 0 Å². The molecule has 1 aliphatic carbocycles. The molecule has 0 aromatic heterocycles. The Morgan fingerprint density at radius 3 is 2.50 bits per heavy atom. The van der Waals surface area contributed by atoms with Crippen LogP contribution in [-0.2, 0) is 4.79 Å². The van der Waals surface area contributed by atoms with Gasteiger partial charge in [0.2, 0.25) is 0 Å². The Hall–Kier alpha value is 0.0200. The van der Waals surface area contributed by atoms with Crippen molar-refractivity contribution < 1.29 is 4.79 Å². The largest absolute Gasteiger partial charge is 0.298 e. The molecule has 0 spiro atoms.